The van der Waals surface area contributed by atoms with E-state index in [0.717, 1.165) is 16.5 Å². The fraction of sp³-hybridized carbons (Fsp3) is 0.150. The van der Waals surface area contributed by atoms with Gasteiger partial charge in [-0.25, -0.2) is 5.43 Å². The summed E-state index contributed by atoms with van der Waals surface area (Å²) in [5.74, 6) is 0.800. The summed E-state index contributed by atoms with van der Waals surface area (Å²) >= 11 is 0. The van der Waals surface area contributed by atoms with E-state index in [1.807, 2.05) is 30.3 Å². The molecule has 7 heteroatoms. The third-order valence-corrected chi connectivity index (χ3v) is 3.96. The van der Waals surface area contributed by atoms with Crippen molar-refractivity contribution < 1.29 is 19.0 Å². The summed E-state index contributed by atoms with van der Waals surface area (Å²) in [6.45, 7) is 0. The molecule has 1 N–H and O–H groups in total. The first-order chi connectivity index (χ1) is 13.2. The van der Waals surface area contributed by atoms with E-state index in [1.165, 1.54) is 21.3 Å². The van der Waals surface area contributed by atoms with Crippen LogP contribution in [-0.2, 0) is 0 Å². The molecule has 0 aliphatic carbocycles. The van der Waals surface area contributed by atoms with Crippen molar-refractivity contribution in [2.75, 3.05) is 21.3 Å². The number of carbonyl (C=O) groups excluding carboxylic acids is 1. The Morgan fingerprint density at radius 3 is 2.41 bits per heavy atom. The first-order valence-electron chi connectivity index (χ1n) is 8.15. The lowest BCUT2D eigenvalue weighted by Crippen LogP contribution is -2.18. The van der Waals surface area contributed by atoms with E-state index in [9.17, 15) is 4.79 Å². The number of benzene rings is 2. The lowest BCUT2D eigenvalue weighted by Gasteiger charge is -2.13. The molecule has 0 atom stereocenters. The Labute approximate surface area is 156 Å². The van der Waals surface area contributed by atoms with Gasteiger partial charge in [0.2, 0.25) is 5.75 Å². The molecule has 0 unspecified atom stereocenters. The molecule has 0 aliphatic heterocycles. The van der Waals surface area contributed by atoms with Crippen molar-refractivity contribution in [1.29, 1.82) is 0 Å². The van der Waals surface area contributed by atoms with Gasteiger partial charge < -0.3 is 14.2 Å². The van der Waals surface area contributed by atoms with Crippen molar-refractivity contribution in [2.24, 2.45) is 5.10 Å². The van der Waals surface area contributed by atoms with Crippen molar-refractivity contribution in [2.45, 2.75) is 0 Å². The fourth-order valence-electron chi connectivity index (χ4n) is 2.67. The normalized spacial score (nSPS) is 10.8. The van der Waals surface area contributed by atoms with E-state index < -0.39 is 5.91 Å². The molecule has 138 valence electrons. The molecular formula is C20H19N3O4. The molecule has 1 aromatic heterocycles. The Kier molecular flexibility index (Phi) is 5.51. The summed E-state index contributed by atoms with van der Waals surface area (Å²) in [7, 11) is 4.48. The third-order valence-electron chi connectivity index (χ3n) is 3.96. The summed E-state index contributed by atoms with van der Waals surface area (Å²) in [6, 6.07) is 12.7. The average molecular weight is 365 g/mol. The second-order valence-electron chi connectivity index (χ2n) is 5.54. The monoisotopic (exact) mass is 365 g/mol. The van der Waals surface area contributed by atoms with Crippen LogP contribution >= 0.6 is 0 Å². The van der Waals surface area contributed by atoms with Crippen molar-refractivity contribution in [3.05, 3.63) is 59.8 Å². The number of hydrogen-bond donors (Lipinski definition) is 1. The number of ether oxygens (including phenoxy) is 3. The number of carbonyl (C=O) groups is 1. The van der Waals surface area contributed by atoms with E-state index in [-0.39, 0.29) is 0 Å². The van der Waals surface area contributed by atoms with Gasteiger partial charge in [0.25, 0.3) is 5.91 Å². The Balaban J connectivity index is 1.82. The van der Waals surface area contributed by atoms with Gasteiger partial charge in [0.1, 0.15) is 0 Å². The minimum absolute atomic E-state index is 0.331. The molecule has 27 heavy (non-hydrogen) atoms. The second kappa shape index (κ2) is 8.18. The Bertz CT molecular complexity index is 971. The predicted molar refractivity (Wildman–Crippen MR) is 103 cm³/mol. The molecule has 0 saturated heterocycles. The summed E-state index contributed by atoms with van der Waals surface area (Å²) in [5, 5.41) is 5.04. The standard InChI is InChI=1S/C20H19N3O4/c1-25-16-10-15(11-17(26-2)19(16)27-3)20(24)23-22-12-14-7-4-6-13-8-5-9-21-18(13)14/h4-12H,1-3H3,(H,23,24)/b22-12-. The van der Waals surface area contributed by atoms with Crippen LogP contribution in [0.2, 0.25) is 0 Å². The number of methoxy groups -OCH3 is 3. The van der Waals surface area contributed by atoms with Crippen LogP contribution in [0.1, 0.15) is 15.9 Å². The lowest BCUT2D eigenvalue weighted by atomic mass is 10.1. The van der Waals surface area contributed by atoms with E-state index in [1.54, 1.807) is 24.5 Å². The summed E-state index contributed by atoms with van der Waals surface area (Å²) in [5.41, 5.74) is 4.45. The van der Waals surface area contributed by atoms with E-state index >= 15 is 0 Å². The lowest BCUT2D eigenvalue weighted by molar-refractivity contribution is 0.0954. The molecule has 0 aliphatic rings. The van der Waals surface area contributed by atoms with Crippen LogP contribution in [0.15, 0.2) is 53.8 Å². The Hall–Kier alpha value is -3.61. The van der Waals surface area contributed by atoms with Gasteiger partial charge in [0.15, 0.2) is 11.5 Å². The van der Waals surface area contributed by atoms with Crippen LogP contribution < -0.4 is 19.6 Å². The maximum absolute atomic E-state index is 12.4. The zero-order valence-electron chi connectivity index (χ0n) is 15.2. The smallest absolute Gasteiger partial charge is 0.271 e. The summed E-state index contributed by atoms with van der Waals surface area (Å²) < 4.78 is 15.8. The topological polar surface area (TPSA) is 82.0 Å². The van der Waals surface area contributed by atoms with E-state index in [4.69, 9.17) is 14.2 Å². The highest BCUT2D eigenvalue weighted by Gasteiger charge is 2.16. The second-order valence-corrected chi connectivity index (χ2v) is 5.54. The molecule has 2 aromatic carbocycles. The fourth-order valence-corrected chi connectivity index (χ4v) is 2.67. The molecule has 7 nitrogen and oxygen atoms in total. The maximum atomic E-state index is 12.4. The van der Waals surface area contributed by atoms with Gasteiger partial charge in [0, 0.05) is 22.7 Å². The first-order valence-corrected chi connectivity index (χ1v) is 8.15. The highest BCUT2D eigenvalue weighted by molar-refractivity contribution is 5.99. The maximum Gasteiger partial charge on any atom is 0.271 e. The highest BCUT2D eigenvalue weighted by atomic mass is 16.5. The van der Waals surface area contributed by atoms with Gasteiger partial charge >= 0.3 is 0 Å². The minimum atomic E-state index is -0.404. The molecule has 0 fully saturated rings. The third kappa shape index (κ3) is 3.82. The Morgan fingerprint density at radius 2 is 1.74 bits per heavy atom. The number of nitrogens with one attached hydrogen (secondary N) is 1. The van der Waals surface area contributed by atoms with Crippen molar-refractivity contribution >= 4 is 23.0 Å². The van der Waals surface area contributed by atoms with Crippen LogP contribution in [-0.4, -0.2) is 38.4 Å². The number of amides is 1. The van der Waals surface area contributed by atoms with Crippen LogP contribution in [0.25, 0.3) is 10.9 Å². The predicted octanol–water partition coefficient (Wildman–Crippen LogP) is 3.02. The van der Waals surface area contributed by atoms with Crippen molar-refractivity contribution in [3.63, 3.8) is 0 Å². The number of nitrogens with zero attached hydrogens (tertiary/aromatic N) is 2. The van der Waals surface area contributed by atoms with Gasteiger partial charge in [-0.3, -0.25) is 9.78 Å². The molecule has 1 heterocycles. The molecule has 3 aromatic rings. The first kappa shape index (κ1) is 18.2. The van der Waals surface area contributed by atoms with Crippen molar-refractivity contribution in [1.82, 2.24) is 10.4 Å². The molecule has 0 radical (unpaired) electrons. The van der Waals surface area contributed by atoms with Gasteiger partial charge in [0.05, 0.1) is 33.1 Å². The molecule has 0 saturated carbocycles. The van der Waals surface area contributed by atoms with Crippen LogP contribution in [0.5, 0.6) is 17.2 Å². The zero-order chi connectivity index (χ0) is 19.2. The van der Waals surface area contributed by atoms with Gasteiger partial charge in [-0.05, 0) is 18.2 Å². The number of hydrazone groups is 1. The molecule has 0 spiro atoms. The number of pyridine rings is 1. The van der Waals surface area contributed by atoms with E-state index in [0.29, 0.717) is 22.8 Å². The van der Waals surface area contributed by atoms with Gasteiger partial charge in [-0.1, -0.05) is 24.3 Å². The summed E-state index contributed by atoms with van der Waals surface area (Å²) in [4.78, 5) is 16.8. The van der Waals surface area contributed by atoms with Gasteiger partial charge in [-0.2, -0.15) is 5.10 Å². The summed E-state index contributed by atoms with van der Waals surface area (Å²) in [6.07, 6.45) is 3.28. The Morgan fingerprint density at radius 1 is 1.04 bits per heavy atom. The van der Waals surface area contributed by atoms with Crippen LogP contribution in [0.3, 0.4) is 0 Å². The number of para-hydroxylation sites is 1. The van der Waals surface area contributed by atoms with E-state index in [2.05, 4.69) is 15.5 Å². The highest BCUT2D eigenvalue weighted by Crippen LogP contribution is 2.38. The number of rotatable bonds is 6. The average Bonchev–Trinajstić information content (AvgIpc) is 2.72. The molecular weight excluding hydrogens is 346 g/mol. The zero-order valence-corrected chi connectivity index (χ0v) is 15.2. The molecule has 1 amide bonds. The van der Waals surface area contributed by atoms with Gasteiger partial charge in [-0.15, -0.1) is 0 Å². The SMILES string of the molecule is COc1cc(C(=O)N/N=C\c2cccc3cccnc23)cc(OC)c1OC. The molecule has 0 bridgehead atoms. The number of fused-ring (bicyclic) bond motifs is 1. The molecule has 3 rings (SSSR count). The number of hydrogen-bond acceptors (Lipinski definition) is 6. The number of aromatic nitrogens is 1. The van der Waals surface area contributed by atoms with Crippen molar-refractivity contribution in [3.8, 4) is 17.2 Å². The largest absolute Gasteiger partial charge is 0.493 e. The van der Waals surface area contributed by atoms with Crippen LogP contribution in [0.4, 0.5) is 0 Å². The van der Waals surface area contributed by atoms with Crippen LogP contribution in [0, 0.1) is 0 Å². The minimum Gasteiger partial charge on any atom is -0.493 e. The quantitative estimate of drug-likeness (QED) is 0.536.